The molecule has 3 rings (SSSR count). The number of halogens is 1. The number of aryl methyl sites for hydroxylation is 1. The molecule has 0 unspecified atom stereocenters. The number of anilines is 1. The number of amides is 1. The Labute approximate surface area is 120 Å². The second-order valence-electron chi connectivity index (χ2n) is 4.60. The average Bonchev–Trinajstić information content (AvgIpc) is 2.90. The van der Waals surface area contributed by atoms with Crippen molar-refractivity contribution in [1.29, 1.82) is 0 Å². The molecule has 1 N–H and O–H groups in total. The van der Waals surface area contributed by atoms with Gasteiger partial charge in [-0.05, 0) is 42.5 Å². The fourth-order valence-corrected chi connectivity index (χ4v) is 2.01. The van der Waals surface area contributed by atoms with Crippen molar-refractivity contribution in [3.63, 3.8) is 0 Å². The highest BCUT2D eigenvalue weighted by Crippen LogP contribution is 2.20. The summed E-state index contributed by atoms with van der Waals surface area (Å²) in [6.45, 7) is 1.96. The Morgan fingerprint density at radius 3 is 2.71 bits per heavy atom. The molecule has 21 heavy (non-hydrogen) atoms. The van der Waals surface area contributed by atoms with Crippen LogP contribution in [0.15, 0.2) is 46.9 Å². The minimum Gasteiger partial charge on any atom is -0.441 e. The van der Waals surface area contributed by atoms with E-state index in [2.05, 4.69) is 10.3 Å². The number of nitrogens with zero attached hydrogens (tertiary/aromatic N) is 1. The van der Waals surface area contributed by atoms with Gasteiger partial charge in [-0.25, -0.2) is 9.37 Å². The fraction of sp³-hybridized carbons (Fsp3) is 0.125. The molecule has 1 aromatic heterocycles. The largest absolute Gasteiger partial charge is 0.441 e. The number of fused-ring (bicyclic) bond motifs is 1. The lowest BCUT2D eigenvalue weighted by Crippen LogP contribution is -2.11. The third-order valence-electron chi connectivity index (χ3n) is 3.10. The second kappa shape index (κ2) is 5.36. The van der Waals surface area contributed by atoms with Crippen molar-refractivity contribution in [3.05, 3.63) is 59.7 Å². The number of hydrogen-bond acceptors (Lipinski definition) is 3. The summed E-state index contributed by atoms with van der Waals surface area (Å²) in [5.41, 5.74) is 2.40. The Hall–Kier alpha value is -2.69. The van der Waals surface area contributed by atoms with E-state index < -0.39 is 0 Å². The number of benzene rings is 2. The van der Waals surface area contributed by atoms with Gasteiger partial charge in [0.05, 0.1) is 0 Å². The third kappa shape index (κ3) is 2.76. The van der Waals surface area contributed by atoms with Gasteiger partial charge in [0.25, 0.3) is 5.91 Å². The van der Waals surface area contributed by atoms with Gasteiger partial charge in [0.1, 0.15) is 11.3 Å². The first kappa shape index (κ1) is 13.3. The fourth-order valence-electron chi connectivity index (χ4n) is 2.01. The van der Waals surface area contributed by atoms with Crippen LogP contribution in [0.3, 0.4) is 0 Å². The topological polar surface area (TPSA) is 55.1 Å². The van der Waals surface area contributed by atoms with Crippen molar-refractivity contribution in [3.8, 4) is 0 Å². The molecule has 0 saturated carbocycles. The van der Waals surface area contributed by atoms with Crippen molar-refractivity contribution in [2.75, 3.05) is 5.32 Å². The van der Waals surface area contributed by atoms with E-state index in [4.69, 9.17) is 4.42 Å². The van der Waals surface area contributed by atoms with Crippen LogP contribution in [0.1, 0.15) is 23.2 Å². The minimum absolute atomic E-state index is 0.298. The molecule has 0 atom stereocenters. The van der Waals surface area contributed by atoms with Crippen LogP contribution in [-0.2, 0) is 6.42 Å². The molecule has 0 aliphatic carbocycles. The van der Waals surface area contributed by atoms with Crippen LogP contribution < -0.4 is 5.32 Å². The van der Waals surface area contributed by atoms with Crippen molar-refractivity contribution < 1.29 is 13.6 Å². The monoisotopic (exact) mass is 284 g/mol. The van der Waals surface area contributed by atoms with Crippen molar-refractivity contribution in [2.45, 2.75) is 13.3 Å². The zero-order valence-corrected chi connectivity index (χ0v) is 11.4. The molecule has 3 aromatic rings. The van der Waals surface area contributed by atoms with E-state index in [9.17, 15) is 9.18 Å². The van der Waals surface area contributed by atoms with Crippen LogP contribution >= 0.6 is 0 Å². The van der Waals surface area contributed by atoms with Crippen LogP contribution in [0.2, 0.25) is 0 Å². The van der Waals surface area contributed by atoms with Gasteiger partial charge in [0, 0.05) is 17.7 Å². The minimum atomic E-state index is -0.373. The number of carbonyl (C=O) groups is 1. The Balaban J connectivity index is 1.83. The summed E-state index contributed by atoms with van der Waals surface area (Å²) in [7, 11) is 0. The summed E-state index contributed by atoms with van der Waals surface area (Å²) < 4.78 is 18.3. The van der Waals surface area contributed by atoms with Gasteiger partial charge in [0.2, 0.25) is 0 Å². The number of carbonyl (C=O) groups excluding carboxylic acids is 1. The maximum atomic E-state index is 12.8. The van der Waals surface area contributed by atoms with E-state index in [0.29, 0.717) is 34.7 Å². The maximum absolute atomic E-state index is 12.8. The smallest absolute Gasteiger partial charge is 0.255 e. The first-order valence-corrected chi connectivity index (χ1v) is 6.62. The van der Waals surface area contributed by atoms with Crippen LogP contribution in [0.5, 0.6) is 0 Å². The van der Waals surface area contributed by atoms with Gasteiger partial charge in [-0.3, -0.25) is 4.79 Å². The van der Waals surface area contributed by atoms with Crippen molar-refractivity contribution >= 4 is 22.7 Å². The normalized spacial score (nSPS) is 10.8. The molecule has 1 amide bonds. The highest BCUT2D eigenvalue weighted by Gasteiger charge is 2.09. The number of aromatic nitrogens is 1. The summed E-state index contributed by atoms with van der Waals surface area (Å²) in [6.07, 6.45) is 0.714. The van der Waals surface area contributed by atoms with Crippen molar-refractivity contribution in [2.24, 2.45) is 0 Å². The van der Waals surface area contributed by atoms with Crippen LogP contribution in [0, 0.1) is 5.82 Å². The van der Waals surface area contributed by atoms with Gasteiger partial charge >= 0.3 is 0 Å². The Morgan fingerprint density at radius 1 is 1.24 bits per heavy atom. The lowest BCUT2D eigenvalue weighted by Gasteiger charge is -2.04. The molecule has 0 fully saturated rings. The van der Waals surface area contributed by atoms with Crippen LogP contribution in [-0.4, -0.2) is 10.9 Å². The maximum Gasteiger partial charge on any atom is 0.255 e. The number of oxazole rings is 1. The number of rotatable bonds is 3. The molecule has 106 valence electrons. The third-order valence-corrected chi connectivity index (χ3v) is 3.10. The lowest BCUT2D eigenvalue weighted by atomic mass is 10.2. The molecule has 2 aromatic carbocycles. The molecule has 0 aliphatic rings. The zero-order chi connectivity index (χ0) is 14.8. The lowest BCUT2D eigenvalue weighted by molar-refractivity contribution is 0.102. The van der Waals surface area contributed by atoms with E-state index >= 15 is 0 Å². The number of nitrogens with one attached hydrogen (secondary N) is 1. The van der Waals surface area contributed by atoms with Crippen LogP contribution in [0.25, 0.3) is 11.1 Å². The second-order valence-corrected chi connectivity index (χ2v) is 4.60. The molecule has 0 radical (unpaired) electrons. The van der Waals surface area contributed by atoms with E-state index in [1.54, 1.807) is 18.2 Å². The highest BCUT2D eigenvalue weighted by molar-refractivity contribution is 6.04. The summed E-state index contributed by atoms with van der Waals surface area (Å²) in [5, 5.41) is 2.75. The van der Waals surface area contributed by atoms with Crippen LogP contribution in [0.4, 0.5) is 10.1 Å². The summed E-state index contributed by atoms with van der Waals surface area (Å²) in [4.78, 5) is 16.4. The van der Waals surface area contributed by atoms with Gasteiger partial charge in [0.15, 0.2) is 11.5 Å². The Morgan fingerprint density at radius 2 is 2.00 bits per heavy atom. The SMILES string of the molecule is CCc1nc2cc(NC(=O)c3ccc(F)cc3)ccc2o1. The van der Waals surface area contributed by atoms with Gasteiger partial charge in [-0.2, -0.15) is 0 Å². The first-order chi connectivity index (χ1) is 10.2. The summed E-state index contributed by atoms with van der Waals surface area (Å²) in [6, 6.07) is 10.6. The molecular formula is C16H13FN2O2. The molecular weight excluding hydrogens is 271 g/mol. The summed E-state index contributed by atoms with van der Waals surface area (Å²) in [5.74, 6) is -0.0109. The van der Waals surface area contributed by atoms with Crippen molar-refractivity contribution in [1.82, 2.24) is 4.98 Å². The zero-order valence-electron chi connectivity index (χ0n) is 11.4. The van der Waals surface area contributed by atoms with Gasteiger partial charge < -0.3 is 9.73 Å². The standard InChI is InChI=1S/C16H13FN2O2/c1-2-15-19-13-9-12(7-8-14(13)21-15)18-16(20)10-3-5-11(17)6-4-10/h3-9H,2H2,1H3,(H,18,20). The molecule has 5 heteroatoms. The highest BCUT2D eigenvalue weighted by atomic mass is 19.1. The van der Waals surface area contributed by atoms with E-state index in [1.165, 1.54) is 24.3 Å². The molecule has 4 nitrogen and oxygen atoms in total. The van der Waals surface area contributed by atoms with E-state index in [0.717, 1.165) is 0 Å². The molecule has 0 aliphatic heterocycles. The van der Waals surface area contributed by atoms with E-state index in [1.807, 2.05) is 6.92 Å². The molecule has 1 heterocycles. The Kier molecular flexibility index (Phi) is 3.39. The first-order valence-electron chi connectivity index (χ1n) is 6.62. The molecule has 0 saturated heterocycles. The molecule has 0 spiro atoms. The van der Waals surface area contributed by atoms with Gasteiger partial charge in [-0.1, -0.05) is 6.92 Å². The predicted octanol–water partition coefficient (Wildman–Crippen LogP) is 3.78. The predicted molar refractivity (Wildman–Crippen MR) is 77.7 cm³/mol. The average molecular weight is 284 g/mol. The van der Waals surface area contributed by atoms with E-state index in [-0.39, 0.29) is 11.7 Å². The molecule has 0 bridgehead atoms. The quantitative estimate of drug-likeness (QED) is 0.796. The summed E-state index contributed by atoms with van der Waals surface area (Å²) >= 11 is 0. The Bertz CT molecular complexity index is 794. The van der Waals surface area contributed by atoms with Gasteiger partial charge in [-0.15, -0.1) is 0 Å². The number of hydrogen-bond donors (Lipinski definition) is 1.